The number of pyridine rings is 1. The molecule has 0 spiro atoms. The van der Waals surface area contributed by atoms with E-state index in [1.807, 2.05) is 40.0 Å². The summed E-state index contributed by atoms with van der Waals surface area (Å²) in [5.74, 6) is 0.416. The third-order valence-corrected chi connectivity index (χ3v) is 2.93. The maximum absolute atomic E-state index is 11.8. The first kappa shape index (κ1) is 12.9. The molecule has 1 amide bonds. The largest absolute Gasteiger partial charge is 0.444 e. The number of aryl methyl sites for hydroxylation is 1. The van der Waals surface area contributed by atoms with Crippen molar-refractivity contribution in [1.29, 1.82) is 0 Å². The second-order valence-corrected chi connectivity index (χ2v) is 5.81. The lowest BCUT2D eigenvalue weighted by Gasteiger charge is -2.40. The van der Waals surface area contributed by atoms with Gasteiger partial charge in [0, 0.05) is 30.9 Å². The summed E-state index contributed by atoms with van der Waals surface area (Å²) in [4.78, 5) is 17.7. The first-order valence-electron chi connectivity index (χ1n) is 6.25. The van der Waals surface area contributed by atoms with Gasteiger partial charge in [0.15, 0.2) is 0 Å². The van der Waals surface area contributed by atoms with Crippen molar-refractivity contribution in [3.8, 4) is 0 Å². The van der Waals surface area contributed by atoms with Crippen molar-refractivity contribution in [2.45, 2.75) is 39.2 Å². The predicted molar refractivity (Wildman–Crippen MR) is 69.5 cm³/mol. The highest BCUT2D eigenvalue weighted by atomic mass is 16.6. The molecule has 0 aromatic carbocycles. The molecule has 1 aromatic rings. The van der Waals surface area contributed by atoms with Gasteiger partial charge in [-0.3, -0.25) is 4.98 Å². The summed E-state index contributed by atoms with van der Waals surface area (Å²) in [5.41, 5.74) is 1.85. The number of carbonyl (C=O) groups is 1. The van der Waals surface area contributed by atoms with E-state index in [1.165, 1.54) is 5.56 Å². The third kappa shape index (κ3) is 3.00. The fraction of sp³-hybridized carbons (Fsp3) is 0.571. The highest BCUT2D eigenvalue weighted by Gasteiger charge is 2.34. The normalized spacial score (nSPS) is 16.3. The van der Waals surface area contributed by atoms with Crippen LogP contribution in [0.2, 0.25) is 0 Å². The monoisotopic (exact) mass is 248 g/mol. The van der Waals surface area contributed by atoms with Crippen LogP contribution < -0.4 is 0 Å². The molecule has 1 aromatic heterocycles. The molecule has 1 aliphatic heterocycles. The van der Waals surface area contributed by atoms with Crippen LogP contribution in [0.3, 0.4) is 0 Å². The van der Waals surface area contributed by atoms with Crippen LogP contribution in [0.15, 0.2) is 18.3 Å². The Hall–Kier alpha value is -1.58. The van der Waals surface area contributed by atoms with Crippen LogP contribution in [0.4, 0.5) is 4.79 Å². The zero-order valence-corrected chi connectivity index (χ0v) is 11.4. The van der Waals surface area contributed by atoms with Crippen LogP contribution >= 0.6 is 0 Å². The zero-order valence-electron chi connectivity index (χ0n) is 11.4. The highest BCUT2D eigenvalue weighted by molar-refractivity contribution is 5.69. The Morgan fingerprint density at radius 2 is 2.11 bits per heavy atom. The van der Waals surface area contributed by atoms with Crippen molar-refractivity contribution in [3.05, 3.63) is 29.6 Å². The molecule has 1 aliphatic rings. The average Bonchev–Trinajstić information content (AvgIpc) is 2.11. The molecule has 2 rings (SSSR count). The maximum Gasteiger partial charge on any atom is 0.410 e. The number of rotatable bonds is 1. The van der Waals surface area contributed by atoms with Gasteiger partial charge in [-0.05, 0) is 45.4 Å². The van der Waals surface area contributed by atoms with Crippen LogP contribution in [-0.4, -0.2) is 34.7 Å². The maximum atomic E-state index is 11.8. The number of likely N-dealkylation sites (tertiary alicyclic amines) is 1. The SMILES string of the molecule is Cc1cc(C2CN(C(=O)OC(C)(C)C)C2)ccn1. The van der Waals surface area contributed by atoms with E-state index >= 15 is 0 Å². The molecule has 2 heterocycles. The Balaban J connectivity index is 1.89. The fourth-order valence-corrected chi connectivity index (χ4v) is 1.99. The third-order valence-electron chi connectivity index (χ3n) is 2.93. The summed E-state index contributed by atoms with van der Waals surface area (Å²) in [5, 5.41) is 0. The molecule has 0 N–H and O–H groups in total. The summed E-state index contributed by atoms with van der Waals surface area (Å²) < 4.78 is 5.32. The van der Waals surface area contributed by atoms with Gasteiger partial charge in [0.25, 0.3) is 0 Å². The van der Waals surface area contributed by atoms with E-state index in [0.29, 0.717) is 5.92 Å². The van der Waals surface area contributed by atoms with Crippen LogP contribution in [0, 0.1) is 6.92 Å². The molecule has 4 nitrogen and oxygen atoms in total. The molecule has 4 heteroatoms. The number of hydrogen-bond acceptors (Lipinski definition) is 3. The summed E-state index contributed by atoms with van der Waals surface area (Å²) in [6.45, 7) is 9.10. The van der Waals surface area contributed by atoms with Crippen LogP contribution in [-0.2, 0) is 4.74 Å². The predicted octanol–water partition coefficient (Wildman–Crippen LogP) is 2.72. The summed E-state index contributed by atoms with van der Waals surface area (Å²) in [6, 6.07) is 4.10. The minimum absolute atomic E-state index is 0.218. The second-order valence-electron chi connectivity index (χ2n) is 5.81. The summed E-state index contributed by atoms with van der Waals surface area (Å²) >= 11 is 0. The average molecular weight is 248 g/mol. The molecule has 1 fully saturated rings. The Labute approximate surface area is 108 Å². The lowest BCUT2D eigenvalue weighted by molar-refractivity contribution is 0.00819. The van der Waals surface area contributed by atoms with Gasteiger partial charge < -0.3 is 9.64 Å². The molecular weight excluding hydrogens is 228 g/mol. The van der Waals surface area contributed by atoms with E-state index in [-0.39, 0.29) is 6.09 Å². The number of aromatic nitrogens is 1. The van der Waals surface area contributed by atoms with Crippen molar-refractivity contribution in [1.82, 2.24) is 9.88 Å². The Bertz CT molecular complexity index is 445. The van der Waals surface area contributed by atoms with Gasteiger partial charge in [0.05, 0.1) is 0 Å². The van der Waals surface area contributed by atoms with E-state index < -0.39 is 5.60 Å². The van der Waals surface area contributed by atoms with E-state index in [1.54, 1.807) is 4.90 Å². The van der Waals surface area contributed by atoms with Crippen LogP contribution in [0.25, 0.3) is 0 Å². The smallest absolute Gasteiger partial charge is 0.410 e. The first-order valence-corrected chi connectivity index (χ1v) is 6.25. The number of ether oxygens (including phenoxy) is 1. The van der Waals surface area contributed by atoms with Crippen LogP contribution in [0.5, 0.6) is 0 Å². The van der Waals surface area contributed by atoms with E-state index in [4.69, 9.17) is 4.74 Å². The second kappa shape index (κ2) is 4.59. The van der Waals surface area contributed by atoms with Crippen molar-refractivity contribution in [3.63, 3.8) is 0 Å². The molecule has 0 bridgehead atoms. The van der Waals surface area contributed by atoms with E-state index in [0.717, 1.165) is 18.8 Å². The van der Waals surface area contributed by atoms with Crippen LogP contribution in [0.1, 0.15) is 37.9 Å². The van der Waals surface area contributed by atoms with E-state index in [9.17, 15) is 4.79 Å². The number of amides is 1. The molecule has 1 saturated heterocycles. The van der Waals surface area contributed by atoms with Gasteiger partial charge in [-0.1, -0.05) is 0 Å². The molecule has 0 atom stereocenters. The topological polar surface area (TPSA) is 42.4 Å². The van der Waals surface area contributed by atoms with Crippen molar-refractivity contribution < 1.29 is 9.53 Å². The molecule has 98 valence electrons. The fourth-order valence-electron chi connectivity index (χ4n) is 1.99. The minimum Gasteiger partial charge on any atom is -0.444 e. The molecule has 0 unspecified atom stereocenters. The van der Waals surface area contributed by atoms with Gasteiger partial charge >= 0.3 is 6.09 Å². The minimum atomic E-state index is -0.421. The number of nitrogens with zero attached hydrogens (tertiary/aromatic N) is 2. The Kier molecular flexibility index (Phi) is 3.28. The van der Waals surface area contributed by atoms with Gasteiger partial charge in [-0.2, -0.15) is 0 Å². The molecule has 18 heavy (non-hydrogen) atoms. The van der Waals surface area contributed by atoms with Gasteiger partial charge in [-0.15, -0.1) is 0 Å². The molecule has 0 aliphatic carbocycles. The number of carbonyl (C=O) groups excluding carboxylic acids is 1. The van der Waals surface area contributed by atoms with Gasteiger partial charge in [-0.25, -0.2) is 4.79 Å². The standard InChI is InChI=1S/C14H20N2O2/c1-10-7-11(5-6-15-10)12-8-16(9-12)13(17)18-14(2,3)4/h5-7,12H,8-9H2,1-4H3. The molecular formula is C14H20N2O2. The molecule has 0 radical (unpaired) electrons. The molecule has 0 saturated carbocycles. The quantitative estimate of drug-likeness (QED) is 0.767. The van der Waals surface area contributed by atoms with E-state index in [2.05, 4.69) is 11.1 Å². The van der Waals surface area contributed by atoms with Crippen molar-refractivity contribution in [2.24, 2.45) is 0 Å². The van der Waals surface area contributed by atoms with Crippen molar-refractivity contribution in [2.75, 3.05) is 13.1 Å². The van der Waals surface area contributed by atoms with Gasteiger partial charge in [0.1, 0.15) is 5.60 Å². The Morgan fingerprint density at radius 3 is 2.67 bits per heavy atom. The summed E-state index contributed by atoms with van der Waals surface area (Å²) in [7, 11) is 0. The summed E-state index contributed by atoms with van der Waals surface area (Å²) in [6.07, 6.45) is 1.60. The zero-order chi connectivity index (χ0) is 13.3. The lowest BCUT2D eigenvalue weighted by atomic mass is 9.92. The lowest BCUT2D eigenvalue weighted by Crippen LogP contribution is -2.50. The number of hydrogen-bond donors (Lipinski definition) is 0. The Morgan fingerprint density at radius 1 is 1.44 bits per heavy atom. The first-order chi connectivity index (χ1) is 8.35. The van der Waals surface area contributed by atoms with Crippen molar-refractivity contribution >= 4 is 6.09 Å². The highest BCUT2D eigenvalue weighted by Crippen LogP contribution is 2.28. The van der Waals surface area contributed by atoms with Gasteiger partial charge in [0.2, 0.25) is 0 Å².